The number of carbonyl (C=O) groups is 1. The van der Waals surface area contributed by atoms with Gasteiger partial charge in [-0.3, -0.25) is 4.79 Å². The van der Waals surface area contributed by atoms with Crippen LogP contribution in [0, 0.1) is 6.92 Å². The number of thiazole rings is 1. The van der Waals surface area contributed by atoms with Crippen LogP contribution in [0.15, 0.2) is 41.4 Å². The molecule has 0 aliphatic carbocycles. The van der Waals surface area contributed by atoms with Crippen molar-refractivity contribution in [3.05, 3.63) is 68.0 Å². The molecule has 1 aliphatic rings. The van der Waals surface area contributed by atoms with Gasteiger partial charge in [-0.1, -0.05) is 54.1 Å². The average Bonchev–Trinajstić information content (AvgIpc) is 3.16. The Morgan fingerprint density at radius 3 is 2.81 bits per heavy atom. The number of aryl methyl sites for hydroxylation is 2. The van der Waals surface area contributed by atoms with Gasteiger partial charge < -0.3 is 10.4 Å². The van der Waals surface area contributed by atoms with E-state index in [4.69, 9.17) is 11.6 Å². The molecule has 0 bridgehead atoms. The van der Waals surface area contributed by atoms with Gasteiger partial charge in [0.1, 0.15) is 4.88 Å². The van der Waals surface area contributed by atoms with Crippen molar-refractivity contribution in [3.8, 4) is 5.88 Å². The van der Waals surface area contributed by atoms with Crippen LogP contribution in [0.5, 0.6) is 5.88 Å². The highest BCUT2D eigenvalue weighted by Gasteiger charge is 2.25. The molecule has 4 rings (SSSR count). The number of hydrogen-bond donors (Lipinski definition) is 2. The molecule has 0 unspecified atom stereocenters. The monoisotopic (exact) mass is 397 g/mol. The highest BCUT2D eigenvalue weighted by atomic mass is 35.5. The minimum atomic E-state index is -0.352. The number of carbonyl (C=O) groups excluding carboxylic acids is 1. The molecule has 5 nitrogen and oxygen atoms in total. The normalized spacial score (nSPS) is 12.9. The lowest BCUT2D eigenvalue weighted by molar-refractivity contribution is -0.112. The molecule has 2 heterocycles. The number of nitrogens with one attached hydrogen (secondary N) is 1. The molecule has 1 aromatic heterocycles. The van der Waals surface area contributed by atoms with E-state index in [9.17, 15) is 9.90 Å². The lowest BCUT2D eigenvalue weighted by atomic mass is 10.1. The fourth-order valence-electron chi connectivity index (χ4n) is 3.02. The molecule has 1 aliphatic heterocycles. The van der Waals surface area contributed by atoms with E-state index < -0.39 is 0 Å². The molecular formula is C20H16ClN3O2S. The standard InChI is InChI=1S/C20H16ClN3O2S/c1-3-11-5-4-6-13-15(18(25)23-16(11)13)17-19(26)24-20(27-17)22-12-8-7-10(2)14(21)9-12/h4-9,26H,3H2,1-2H3,(H,22,24). The maximum absolute atomic E-state index is 12.5. The minimum Gasteiger partial charge on any atom is -0.492 e. The zero-order valence-electron chi connectivity index (χ0n) is 14.7. The summed E-state index contributed by atoms with van der Waals surface area (Å²) in [5, 5.41) is 16.0. The zero-order valence-corrected chi connectivity index (χ0v) is 16.3. The Labute approximate surface area is 164 Å². The molecule has 0 fully saturated rings. The van der Waals surface area contributed by atoms with Gasteiger partial charge in [-0.05, 0) is 36.6 Å². The van der Waals surface area contributed by atoms with Crippen molar-refractivity contribution >= 4 is 45.2 Å². The van der Waals surface area contributed by atoms with Crippen LogP contribution in [0.2, 0.25) is 5.02 Å². The third kappa shape index (κ3) is 3.11. The number of hydrogen-bond acceptors (Lipinski definition) is 5. The fraction of sp³-hybridized carbons (Fsp3) is 0.150. The van der Waals surface area contributed by atoms with Crippen LogP contribution in [0.3, 0.4) is 0 Å². The third-order valence-corrected chi connectivity index (χ3v) is 5.84. The van der Waals surface area contributed by atoms with E-state index in [1.54, 1.807) is 6.07 Å². The second-order valence-corrected chi connectivity index (χ2v) is 7.63. The van der Waals surface area contributed by atoms with Crippen LogP contribution in [0.4, 0.5) is 10.8 Å². The van der Waals surface area contributed by atoms with Gasteiger partial charge in [0.15, 0.2) is 5.13 Å². The van der Waals surface area contributed by atoms with Gasteiger partial charge in [-0.25, -0.2) is 4.99 Å². The second-order valence-electron chi connectivity index (χ2n) is 6.22. The van der Waals surface area contributed by atoms with Crippen LogP contribution >= 0.6 is 22.9 Å². The quantitative estimate of drug-likeness (QED) is 0.706. The van der Waals surface area contributed by atoms with Gasteiger partial charge >= 0.3 is 0 Å². The number of fused-ring (bicyclic) bond motifs is 1. The summed E-state index contributed by atoms with van der Waals surface area (Å²) in [4.78, 5) is 21.3. The van der Waals surface area contributed by atoms with Crippen molar-refractivity contribution in [2.45, 2.75) is 20.3 Å². The van der Waals surface area contributed by atoms with E-state index in [1.165, 1.54) is 11.3 Å². The van der Waals surface area contributed by atoms with Gasteiger partial charge in [0.05, 0.1) is 10.9 Å². The van der Waals surface area contributed by atoms with Crippen LogP contribution in [-0.2, 0) is 11.2 Å². The largest absolute Gasteiger partial charge is 0.492 e. The summed E-state index contributed by atoms with van der Waals surface area (Å²) >= 11 is 7.37. The molecule has 2 N–H and O–H groups in total. The Bertz CT molecular complexity index is 1200. The van der Waals surface area contributed by atoms with Crippen molar-refractivity contribution in [2.75, 3.05) is 5.32 Å². The average molecular weight is 398 g/mol. The summed E-state index contributed by atoms with van der Waals surface area (Å²) in [7, 11) is 0. The summed E-state index contributed by atoms with van der Waals surface area (Å²) in [5.74, 6) is -0.538. The number of anilines is 2. The molecular weight excluding hydrogens is 382 g/mol. The number of halogens is 1. The van der Waals surface area contributed by atoms with E-state index in [0.717, 1.165) is 28.5 Å². The van der Waals surface area contributed by atoms with E-state index in [1.807, 2.05) is 44.2 Å². The van der Waals surface area contributed by atoms with Crippen LogP contribution in [-0.4, -0.2) is 16.0 Å². The molecule has 0 atom stereocenters. The third-order valence-electron chi connectivity index (χ3n) is 4.46. The first-order valence-corrected chi connectivity index (χ1v) is 9.66. The topological polar surface area (TPSA) is 74.6 Å². The summed E-state index contributed by atoms with van der Waals surface area (Å²) < 4.78 is 0. The summed E-state index contributed by atoms with van der Waals surface area (Å²) in [5.41, 5.74) is 3.13. The summed E-state index contributed by atoms with van der Waals surface area (Å²) in [6, 6.07) is 11.3. The Kier molecular flexibility index (Phi) is 4.45. The highest BCUT2D eigenvalue weighted by molar-refractivity contribution is 7.17. The van der Waals surface area contributed by atoms with E-state index in [-0.39, 0.29) is 11.8 Å². The predicted molar refractivity (Wildman–Crippen MR) is 107 cm³/mol. The number of rotatable bonds is 4. The Morgan fingerprint density at radius 2 is 2.07 bits per heavy atom. The number of amides is 1. The first-order chi connectivity index (χ1) is 13.0. The molecule has 2 aromatic carbocycles. The van der Waals surface area contributed by atoms with E-state index in [2.05, 4.69) is 15.3 Å². The van der Waals surface area contributed by atoms with Gasteiger partial charge in [0.25, 0.3) is 5.91 Å². The molecule has 27 heavy (non-hydrogen) atoms. The first kappa shape index (κ1) is 17.7. The molecule has 0 spiro atoms. The van der Waals surface area contributed by atoms with Crippen molar-refractivity contribution < 1.29 is 9.90 Å². The van der Waals surface area contributed by atoms with Gasteiger partial charge in [-0.2, -0.15) is 4.98 Å². The molecule has 0 radical (unpaired) electrons. The Balaban J connectivity index is 1.78. The lowest BCUT2D eigenvalue weighted by Gasteiger charge is -2.04. The number of aromatic nitrogens is 1. The lowest BCUT2D eigenvalue weighted by Crippen LogP contribution is -2.26. The van der Waals surface area contributed by atoms with Gasteiger partial charge in [-0.15, -0.1) is 0 Å². The molecule has 0 saturated heterocycles. The van der Waals surface area contributed by atoms with E-state index >= 15 is 0 Å². The smallest absolute Gasteiger partial charge is 0.279 e. The van der Waals surface area contributed by atoms with Crippen molar-refractivity contribution in [1.29, 1.82) is 0 Å². The predicted octanol–water partition coefficient (Wildman–Crippen LogP) is 3.48. The van der Waals surface area contributed by atoms with Crippen LogP contribution in [0.25, 0.3) is 5.57 Å². The second kappa shape index (κ2) is 6.79. The van der Waals surface area contributed by atoms with Gasteiger partial charge in [0.2, 0.25) is 5.88 Å². The van der Waals surface area contributed by atoms with Crippen molar-refractivity contribution in [2.24, 2.45) is 4.99 Å². The number of benzene rings is 2. The fourth-order valence-corrected chi connectivity index (χ4v) is 4.14. The van der Waals surface area contributed by atoms with E-state index in [0.29, 0.717) is 26.0 Å². The molecule has 7 heteroatoms. The zero-order chi connectivity index (χ0) is 19.1. The number of nitrogens with zero attached hydrogens (tertiary/aromatic N) is 2. The number of aromatic hydroxyl groups is 1. The maximum Gasteiger partial charge on any atom is 0.279 e. The van der Waals surface area contributed by atoms with Crippen LogP contribution in [0.1, 0.15) is 22.9 Å². The van der Waals surface area contributed by atoms with Crippen LogP contribution < -0.4 is 15.9 Å². The first-order valence-electron chi connectivity index (χ1n) is 8.46. The Morgan fingerprint density at radius 1 is 1.26 bits per heavy atom. The minimum absolute atomic E-state index is 0.186. The summed E-state index contributed by atoms with van der Waals surface area (Å²) in [6.07, 6.45) is 0.781. The summed E-state index contributed by atoms with van der Waals surface area (Å²) in [6.45, 7) is 3.94. The molecule has 3 aromatic rings. The highest BCUT2D eigenvalue weighted by Crippen LogP contribution is 2.35. The number of para-hydroxylation sites is 1. The van der Waals surface area contributed by atoms with Crippen molar-refractivity contribution in [1.82, 2.24) is 4.98 Å². The molecule has 136 valence electrons. The molecule has 0 saturated carbocycles. The Hall–Kier alpha value is -2.70. The van der Waals surface area contributed by atoms with Gasteiger partial charge in [0, 0.05) is 15.9 Å². The molecule has 1 amide bonds. The maximum atomic E-state index is 12.5. The van der Waals surface area contributed by atoms with Crippen molar-refractivity contribution in [3.63, 3.8) is 0 Å². The SMILES string of the molecule is CCc1cccc2c1=NC(=O)C=2c1sc(Nc2ccc(C)c(Cl)c2)nc1O.